The van der Waals surface area contributed by atoms with E-state index in [1.807, 2.05) is 0 Å². The highest BCUT2D eigenvalue weighted by Crippen LogP contribution is 2.16. The van der Waals surface area contributed by atoms with E-state index in [4.69, 9.17) is 9.15 Å². The van der Waals surface area contributed by atoms with Crippen LogP contribution in [0.4, 0.5) is 4.79 Å². The molecule has 1 amide bonds. The van der Waals surface area contributed by atoms with E-state index in [2.05, 4.69) is 9.64 Å². The van der Waals surface area contributed by atoms with Gasteiger partial charge in [0.25, 0.3) is 0 Å². The molecule has 0 atom stereocenters. The first-order valence-electron chi connectivity index (χ1n) is 6.94. The fraction of sp³-hybridized carbons (Fsp3) is 0.571. The van der Waals surface area contributed by atoms with E-state index >= 15 is 0 Å². The maximum Gasteiger partial charge on any atom is 0.409 e. The zero-order valence-electron chi connectivity index (χ0n) is 12.3. The van der Waals surface area contributed by atoms with E-state index in [0.29, 0.717) is 26.2 Å². The van der Waals surface area contributed by atoms with Gasteiger partial charge in [0.05, 0.1) is 20.0 Å². The molecule has 0 N–H and O–H groups in total. The van der Waals surface area contributed by atoms with Gasteiger partial charge in [-0.15, -0.1) is 0 Å². The zero-order valence-corrected chi connectivity index (χ0v) is 12.3. The van der Waals surface area contributed by atoms with Gasteiger partial charge in [0.1, 0.15) is 0 Å². The van der Waals surface area contributed by atoms with Crippen molar-refractivity contribution in [2.45, 2.75) is 13.5 Å². The number of piperazine rings is 1. The Morgan fingerprint density at radius 3 is 2.62 bits per heavy atom. The second-order valence-electron chi connectivity index (χ2n) is 4.73. The summed E-state index contributed by atoms with van der Waals surface area (Å²) in [6.45, 7) is 5.46. The van der Waals surface area contributed by atoms with Crippen molar-refractivity contribution in [3.05, 3.63) is 23.7 Å². The SMILES string of the molecule is CCOC(=O)N1CCN(Cc2ccoc2C(=O)OC)CC1. The third-order valence-electron chi connectivity index (χ3n) is 3.41. The van der Waals surface area contributed by atoms with Gasteiger partial charge in [0.15, 0.2) is 0 Å². The second-order valence-corrected chi connectivity index (χ2v) is 4.73. The molecule has 1 saturated heterocycles. The second kappa shape index (κ2) is 7.12. The van der Waals surface area contributed by atoms with Crippen LogP contribution in [0.3, 0.4) is 0 Å². The van der Waals surface area contributed by atoms with Crippen molar-refractivity contribution in [1.29, 1.82) is 0 Å². The topological polar surface area (TPSA) is 72.2 Å². The molecule has 1 aromatic rings. The van der Waals surface area contributed by atoms with Crippen molar-refractivity contribution in [1.82, 2.24) is 9.80 Å². The maximum atomic E-state index is 11.6. The molecule has 21 heavy (non-hydrogen) atoms. The Balaban J connectivity index is 1.88. The zero-order chi connectivity index (χ0) is 15.2. The third kappa shape index (κ3) is 3.75. The van der Waals surface area contributed by atoms with Gasteiger partial charge in [-0.05, 0) is 13.0 Å². The number of amides is 1. The molecule has 0 saturated carbocycles. The molecular weight excluding hydrogens is 276 g/mol. The maximum absolute atomic E-state index is 11.6. The van der Waals surface area contributed by atoms with Crippen LogP contribution in [-0.4, -0.2) is 61.8 Å². The predicted molar refractivity (Wildman–Crippen MR) is 73.9 cm³/mol. The van der Waals surface area contributed by atoms with Gasteiger partial charge in [-0.25, -0.2) is 9.59 Å². The summed E-state index contributed by atoms with van der Waals surface area (Å²) in [7, 11) is 1.33. The minimum atomic E-state index is -0.472. The lowest BCUT2D eigenvalue weighted by Gasteiger charge is -2.33. The Morgan fingerprint density at radius 2 is 2.00 bits per heavy atom. The summed E-state index contributed by atoms with van der Waals surface area (Å²) in [5.74, 6) is -0.231. The molecule has 0 radical (unpaired) electrons. The Kier molecular flexibility index (Phi) is 5.21. The lowest BCUT2D eigenvalue weighted by molar-refractivity contribution is 0.0559. The summed E-state index contributed by atoms with van der Waals surface area (Å²) in [5, 5.41) is 0. The fourth-order valence-electron chi connectivity index (χ4n) is 2.28. The van der Waals surface area contributed by atoms with Crippen LogP contribution in [-0.2, 0) is 16.0 Å². The summed E-state index contributed by atoms with van der Waals surface area (Å²) in [6, 6.07) is 1.77. The first kappa shape index (κ1) is 15.4. The van der Waals surface area contributed by atoms with Crippen molar-refractivity contribution in [2.24, 2.45) is 0 Å². The Morgan fingerprint density at radius 1 is 1.29 bits per heavy atom. The highest BCUT2D eigenvalue weighted by atomic mass is 16.6. The summed E-state index contributed by atoms with van der Waals surface area (Å²) >= 11 is 0. The summed E-state index contributed by atoms with van der Waals surface area (Å²) in [6.07, 6.45) is 1.21. The summed E-state index contributed by atoms with van der Waals surface area (Å²) < 4.78 is 14.8. The molecule has 0 spiro atoms. The third-order valence-corrected chi connectivity index (χ3v) is 3.41. The molecule has 116 valence electrons. The van der Waals surface area contributed by atoms with Gasteiger partial charge >= 0.3 is 12.1 Å². The number of hydrogen-bond donors (Lipinski definition) is 0. The minimum absolute atomic E-state index is 0.241. The fourth-order valence-corrected chi connectivity index (χ4v) is 2.28. The number of furan rings is 1. The number of methoxy groups -OCH3 is 1. The molecule has 1 aromatic heterocycles. The predicted octanol–water partition coefficient (Wildman–Crippen LogP) is 1.34. The number of hydrogen-bond acceptors (Lipinski definition) is 6. The van der Waals surface area contributed by atoms with Crippen LogP contribution in [0.1, 0.15) is 23.0 Å². The molecule has 0 aromatic carbocycles. The standard InChI is InChI=1S/C14H20N2O5/c1-3-20-14(18)16-7-5-15(6-8-16)10-11-4-9-21-12(11)13(17)19-2/h4,9H,3,5-8,10H2,1-2H3. The van der Waals surface area contributed by atoms with Gasteiger partial charge in [-0.2, -0.15) is 0 Å². The van der Waals surface area contributed by atoms with Crippen molar-refractivity contribution in [3.8, 4) is 0 Å². The monoisotopic (exact) mass is 296 g/mol. The van der Waals surface area contributed by atoms with E-state index in [9.17, 15) is 9.59 Å². The quantitative estimate of drug-likeness (QED) is 0.781. The van der Waals surface area contributed by atoms with Crippen LogP contribution in [0.15, 0.2) is 16.7 Å². The normalized spacial score (nSPS) is 15.8. The summed E-state index contributed by atoms with van der Waals surface area (Å²) in [4.78, 5) is 27.0. The van der Waals surface area contributed by atoms with Crippen LogP contribution in [0.5, 0.6) is 0 Å². The van der Waals surface area contributed by atoms with Gasteiger partial charge in [-0.1, -0.05) is 0 Å². The number of rotatable bonds is 4. The van der Waals surface area contributed by atoms with Crippen molar-refractivity contribution in [3.63, 3.8) is 0 Å². The Hall–Kier alpha value is -2.02. The number of ether oxygens (including phenoxy) is 2. The van der Waals surface area contributed by atoms with Crippen molar-refractivity contribution < 1.29 is 23.5 Å². The summed E-state index contributed by atoms with van der Waals surface area (Å²) in [5.41, 5.74) is 0.798. The van der Waals surface area contributed by atoms with Gasteiger partial charge in [0, 0.05) is 38.3 Å². The largest absolute Gasteiger partial charge is 0.463 e. The van der Waals surface area contributed by atoms with Crippen LogP contribution in [0, 0.1) is 0 Å². The first-order valence-corrected chi connectivity index (χ1v) is 6.94. The lowest BCUT2D eigenvalue weighted by atomic mass is 10.2. The highest BCUT2D eigenvalue weighted by Gasteiger charge is 2.24. The van der Waals surface area contributed by atoms with Crippen molar-refractivity contribution in [2.75, 3.05) is 39.9 Å². The number of nitrogens with zero attached hydrogens (tertiary/aromatic N) is 2. The average Bonchev–Trinajstić information content (AvgIpc) is 2.95. The Labute approximate surface area is 123 Å². The average molecular weight is 296 g/mol. The number of esters is 1. The van der Waals surface area contributed by atoms with E-state index in [1.54, 1.807) is 17.9 Å². The van der Waals surface area contributed by atoms with Crippen LogP contribution < -0.4 is 0 Å². The first-order chi connectivity index (χ1) is 10.2. The highest BCUT2D eigenvalue weighted by molar-refractivity contribution is 5.87. The molecule has 1 fully saturated rings. The smallest absolute Gasteiger partial charge is 0.409 e. The Bertz CT molecular complexity index is 491. The molecule has 2 rings (SSSR count). The molecular formula is C14H20N2O5. The molecule has 1 aliphatic heterocycles. The van der Waals surface area contributed by atoms with Crippen molar-refractivity contribution >= 4 is 12.1 Å². The molecule has 0 bridgehead atoms. The molecule has 7 nitrogen and oxygen atoms in total. The van der Waals surface area contributed by atoms with Gasteiger partial charge in [0.2, 0.25) is 5.76 Å². The molecule has 2 heterocycles. The molecule has 0 aliphatic carbocycles. The van der Waals surface area contributed by atoms with Crippen LogP contribution >= 0.6 is 0 Å². The lowest BCUT2D eigenvalue weighted by Crippen LogP contribution is -2.48. The number of carbonyl (C=O) groups excluding carboxylic acids is 2. The van der Waals surface area contributed by atoms with Crippen LogP contribution in [0.25, 0.3) is 0 Å². The van der Waals surface area contributed by atoms with E-state index < -0.39 is 5.97 Å². The molecule has 0 unspecified atom stereocenters. The van der Waals surface area contributed by atoms with Crippen LogP contribution in [0.2, 0.25) is 0 Å². The van der Waals surface area contributed by atoms with E-state index in [-0.39, 0.29) is 11.9 Å². The van der Waals surface area contributed by atoms with E-state index in [0.717, 1.165) is 18.7 Å². The molecule has 7 heteroatoms. The van der Waals surface area contributed by atoms with E-state index in [1.165, 1.54) is 13.4 Å². The van der Waals surface area contributed by atoms with Gasteiger partial charge in [-0.3, -0.25) is 4.90 Å². The number of carbonyl (C=O) groups is 2. The van der Waals surface area contributed by atoms with Gasteiger partial charge < -0.3 is 18.8 Å². The molecule has 1 aliphatic rings. The minimum Gasteiger partial charge on any atom is -0.463 e.